The molecule has 1 aliphatic heterocycles. The highest BCUT2D eigenvalue weighted by atomic mass is 32.2. The number of nitrogens with one attached hydrogen (secondary N) is 1. The van der Waals surface area contributed by atoms with Gasteiger partial charge in [0.25, 0.3) is 0 Å². The lowest BCUT2D eigenvalue weighted by molar-refractivity contribution is -0.0524. The molecule has 1 rings (SSSR count). The van der Waals surface area contributed by atoms with E-state index in [0.717, 1.165) is 0 Å². The molecule has 106 valence electrons. The van der Waals surface area contributed by atoms with E-state index in [1.54, 1.807) is 0 Å². The summed E-state index contributed by atoms with van der Waals surface area (Å²) in [7, 11) is -5.56. The lowest BCUT2D eigenvalue weighted by Crippen LogP contribution is -2.42. The second-order valence-corrected chi connectivity index (χ2v) is 6.70. The van der Waals surface area contributed by atoms with E-state index < -0.39 is 15.6 Å². The Kier molecular flexibility index (Phi) is 4.02. The molecule has 0 amide bonds. The van der Waals surface area contributed by atoms with Crippen LogP contribution < -0.4 is 5.32 Å². The first kappa shape index (κ1) is 15.3. The monoisotopic (exact) mass is 287 g/mol. The van der Waals surface area contributed by atoms with Gasteiger partial charge in [-0.15, -0.1) is 0 Å². The molecule has 0 spiro atoms. The second-order valence-electron chi connectivity index (χ2n) is 5.16. The fourth-order valence-electron chi connectivity index (χ4n) is 1.49. The third kappa shape index (κ3) is 3.61. The lowest BCUT2D eigenvalue weighted by atomic mass is 9.85. The van der Waals surface area contributed by atoms with Crippen LogP contribution in [-0.4, -0.2) is 26.5 Å². The van der Waals surface area contributed by atoms with Crippen molar-refractivity contribution in [2.45, 2.75) is 38.7 Å². The summed E-state index contributed by atoms with van der Waals surface area (Å²) < 4.78 is 62.4. The van der Waals surface area contributed by atoms with Gasteiger partial charge in [0.05, 0.1) is 0 Å². The van der Waals surface area contributed by atoms with Gasteiger partial charge in [-0.3, -0.25) is 0 Å². The summed E-state index contributed by atoms with van der Waals surface area (Å²) in [5.74, 6) is -0.161. The van der Waals surface area contributed by atoms with Gasteiger partial charge in [-0.1, -0.05) is 20.8 Å². The Hall–Kier alpha value is -0.760. The smallest absolute Gasteiger partial charge is 0.381 e. The molecule has 1 N–H and O–H groups in total. The highest BCUT2D eigenvalue weighted by molar-refractivity contribution is 7.87. The zero-order chi connectivity index (χ0) is 14.2. The van der Waals surface area contributed by atoms with Gasteiger partial charge in [-0.25, -0.2) is 0 Å². The fourth-order valence-corrected chi connectivity index (χ4v) is 2.01. The Bertz CT molecular complexity index is 434. The van der Waals surface area contributed by atoms with Gasteiger partial charge >= 0.3 is 15.6 Å². The highest BCUT2D eigenvalue weighted by Gasteiger charge is 2.49. The summed E-state index contributed by atoms with van der Waals surface area (Å²) in [6, 6.07) is -0.232. The maximum atomic E-state index is 12.2. The molecule has 4 nitrogen and oxygen atoms in total. The van der Waals surface area contributed by atoms with Gasteiger partial charge < -0.3 is 9.50 Å². The first-order chi connectivity index (χ1) is 7.93. The predicted octanol–water partition coefficient (Wildman–Crippen LogP) is 2.14. The molecule has 0 saturated carbocycles. The zero-order valence-corrected chi connectivity index (χ0v) is 11.2. The van der Waals surface area contributed by atoms with Crippen LogP contribution in [0.4, 0.5) is 13.2 Å². The first-order valence-electron chi connectivity index (χ1n) is 5.38. The van der Waals surface area contributed by atoms with Crippen LogP contribution in [0.3, 0.4) is 0 Å². The Morgan fingerprint density at radius 1 is 1.33 bits per heavy atom. The topological polar surface area (TPSA) is 55.4 Å². The molecule has 0 fully saturated rings. The van der Waals surface area contributed by atoms with E-state index in [9.17, 15) is 21.6 Å². The molecule has 0 aliphatic carbocycles. The summed E-state index contributed by atoms with van der Waals surface area (Å²) >= 11 is 0. The van der Waals surface area contributed by atoms with E-state index in [1.165, 1.54) is 6.08 Å². The molecule has 1 unspecified atom stereocenters. The van der Waals surface area contributed by atoms with Crippen molar-refractivity contribution in [3.05, 3.63) is 11.8 Å². The van der Waals surface area contributed by atoms with Gasteiger partial charge in [0.2, 0.25) is 0 Å². The average molecular weight is 287 g/mol. The quantitative estimate of drug-likeness (QED) is 0.624. The second kappa shape index (κ2) is 4.73. The normalized spacial score (nSPS) is 22.6. The molecule has 18 heavy (non-hydrogen) atoms. The van der Waals surface area contributed by atoms with Crippen molar-refractivity contribution in [2.24, 2.45) is 5.41 Å². The van der Waals surface area contributed by atoms with Crippen molar-refractivity contribution in [1.29, 1.82) is 0 Å². The van der Waals surface area contributed by atoms with Crippen LogP contribution in [0.25, 0.3) is 0 Å². The van der Waals surface area contributed by atoms with Crippen molar-refractivity contribution in [1.82, 2.24) is 5.32 Å². The van der Waals surface area contributed by atoms with Crippen molar-refractivity contribution in [2.75, 3.05) is 6.54 Å². The molecule has 0 bridgehead atoms. The maximum absolute atomic E-state index is 12.2. The molecule has 0 saturated heterocycles. The molecule has 0 aromatic heterocycles. The summed E-state index contributed by atoms with van der Waals surface area (Å²) in [6.45, 7) is 6.05. The van der Waals surface area contributed by atoms with Crippen LogP contribution in [0.5, 0.6) is 0 Å². The maximum Gasteiger partial charge on any atom is 0.534 e. The Morgan fingerprint density at radius 3 is 2.33 bits per heavy atom. The molecule has 0 aromatic rings. The molecule has 1 atom stereocenters. The van der Waals surface area contributed by atoms with Crippen molar-refractivity contribution >= 4 is 10.1 Å². The number of hydrogen-bond acceptors (Lipinski definition) is 4. The molecular formula is C10H16F3NO3S. The standard InChI is InChI=1S/C10H16F3NO3S/c1-9(2,3)8-6-7(4-5-14-8)17-18(15,16)10(11,12)13/h6,8,14H,4-5H2,1-3H3. The third-order valence-electron chi connectivity index (χ3n) is 2.52. The molecule has 8 heteroatoms. The highest BCUT2D eigenvalue weighted by Crippen LogP contribution is 2.30. The Balaban J connectivity index is 2.89. The fraction of sp³-hybridized carbons (Fsp3) is 0.800. The first-order valence-corrected chi connectivity index (χ1v) is 6.79. The number of alkyl halides is 3. The molecule has 1 heterocycles. The van der Waals surface area contributed by atoms with Crippen LogP contribution in [0.15, 0.2) is 11.8 Å². The van der Waals surface area contributed by atoms with E-state index in [1.807, 2.05) is 20.8 Å². The van der Waals surface area contributed by atoms with E-state index in [4.69, 9.17) is 0 Å². The number of halogens is 3. The molecular weight excluding hydrogens is 271 g/mol. The van der Waals surface area contributed by atoms with Crippen LogP contribution in [-0.2, 0) is 14.3 Å². The average Bonchev–Trinajstić information content (AvgIpc) is 2.14. The summed E-state index contributed by atoms with van der Waals surface area (Å²) in [6.07, 6.45) is 1.51. The van der Waals surface area contributed by atoms with E-state index in [0.29, 0.717) is 6.54 Å². The zero-order valence-electron chi connectivity index (χ0n) is 10.3. The van der Waals surface area contributed by atoms with Crippen LogP contribution >= 0.6 is 0 Å². The predicted molar refractivity (Wildman–Crippen MR) is 60.0 cm³/mol. The minimum atomic E-state index is -5.56. The van der Waals surface area contributed by atoms with Crippen molar-refractivity contribution < 1.29 is 25.8 Å². The van der Waals surface area contributed by atoms with Crippen LogP contribution in [0, 0.1) is 5.41 Å². The van der Waals surface area contributed by atoms with E-state index in [-0.39, 0.29) is 23.6 Å². The summed E-state index contributed by atoms with van der Waals surface area (Å²) in [5, 5.41) is 3.08. The van der Waals surface area contributed by atoms with Crippen molar-refractivity contribution in [3.63, 3.8) is 0 Å². The van der Waals surface area contributed by atoms with Crippen LogP contribution in [0.2, 0.25) is 0 Å². The summed E-state index contributed by atoms with van der Waals surface area (Å²) in [4.78, 5) is 0. The Labute approximate surface area is 104 Å². The number of hydrogen-bond donors (Lipinski definition) is 1. The van der Waals surface area contributed by atoms with E-state index >= 15 is 0 Å². The van der Waals surface area contributed by atoms with Crippen molar-refractivity contribution in [3.8, 4) is 0 Å². The Morgan fingerprint density at radius 2 is 1.89 bits per heavy atom. The molecule has 1 aliphatic rings. The van der Waals surface area contributed by atoms with Crippen LogP contribution in [0.1, 0.15) is 27.2 Å². The molecule has 0 aromatic carbocycles. The summed E-state index contributed by atoms with van der Waals surface area (Å²) in [5.41, 5.74) is -5.63. The number of rotatable bonds is 2. The van der Waals surface area contributed by atoms with E-state index in [2.05, 4.69) is 9.50 Å². The third-order valence-corrected chi connectivity index (χ3v) is 3.52. The lowest BCUT2D eigenvalue weighted by Gasteiger charge is -2.32. The van der Waals surface area contributed by atoms with Gasteiger partial charge in [-0.05, 0) is 11.5 Å². The molecule has 0 radical (unpaired) electrons. The minimum absolute atomic E-state index is 0.113. The van der Waals surface area contributed by atoms with Gasteiger partial charge in [0, 0.05) is 19.0 Å². The largest absolute Gasteiger partial charge is 0.534 e. The minimum Gasteiger partial charge on any atom is -0.381 e. The van der Waals surface area contributed by atoms with Gasteiger partial charge in [-0.2, -0.15) is 21.6 Å². The van der Waals surface area contributed by atoms with Gasteiger partial charge in [0.1, 0.15) is 5.76 Å². The SMILES string of the molecule is CC(C)(C)C1C=C(OS(=O)(=O)C(F)(F)F)CCN1. The van der Waals surface area contributed by atoms with Gasteiger partial charge in [0.15, 0.2) is 0 Å².